The minimum atomic E-state index is -0.755. The highest BCUT2D eigenvalue weighted by Gasteiger charge is 2.23. The monoisotopic (exact) mass is 375 g/mol. The fourth-order valence-corrected chi connectivity index (χ4v) is 3.02. The average Bonchev–Trinajstić information content (AvgIpc) is 2.65. The van der Waals surface area contributed by atoms with Crippen LogP contribution in [0.2, 0.25) is 0 Å². The summed E-state index contributed by atoms with van der Waals surface area (Å²) in [6, 6.07) is 11.3. The molecular weight excluding hydrogens is 354 g/mol. The lowest BCUT2D eigenvalue weighted by atomic mass is 10.2. The second-order valence-corrected chi connectivity index (χ2v) is 6.37. The number of piperazine rings is 1. The number of benzene rings is 2. The lowest BCUT2D eigenvalue weighted by Crippen LogP contribution is -3.16. The van der Waals surface area contributed by atoms with Gasteiger partial charge < -0.3 is 15.1 Å². The van der Waals surface area contributed by atoms with Crippen molar-refractivity contribution in [2.24, 2.45) is 0 Å². The van der Waals surface area contributed by atoms with Crippen LogP contribution in [-0.2, 0) is 4.79 Å². The van der Waals surface area contributed by atoms with Crippen LogP contribution >= 0.6 is 0 Å². The Morgan fingerprint density at radius 2 is 1.67 bits per heavy atom. The van der Waals surface area contributed by atoms with E-state index in [-0.39, 0.29) is 18.0 Å². The first-order chi connectivity index (χ1) is 13.0. The molecule has 8 heteroatoms. The molecule has 142 valence electrons. The maximum Gasteiger partial charge on any atom is 0.326 e. The number of hydrogen-bond donors (Lipinski definition) is 3. The molecule has 0 saturated carbocycles. The minimum Gasteiger partial charge on any atom is -0.360 e. The van der Waals surface area contributed by atoms with E-state index >= 15 is 0 Å². The Morgan fingerprint density at radius 3 is 2.33 bits per heavy atom. The molecular formula is C19H21F2N4O2+. The zero-order valence-corrected chi connectivity index (χ0v) is 14.7. The SMILES string of the molecule is O=C(C[NH+]1CCN(c2ccc(F)cc2)CC1)NC(=O)Nc1ccccc1F. The van der Waals surface area contributed by atoms with Crippen molar-refractivity contribution in [1.29, 1.82) is 0 Å². The quantitative estimate of drug-likeness (QED) is 0.748. The van der Waals surface area contributed by atoms with Gasteiger partial charge in [0.15, 0.2) is 6.54 Å². The average molecular weight is 375 g/mol. The van der Waals surface area contributed by atoms with Gasteiger partial charge in [-0.3, -0.25) is 10.1 Å². The molecule has 3 N–H and O–H groups in total. The van der Waals surface area contributed by atoms with Crippen molar-refractivity contribution in [3.63, 3.8) is 0 Å². The standard InChI is InChI=1S/C19H20F2N4O2/c20-14-5-7-15(8-6-14)25-11-9-24(10-12-25)13-18(26)23-19(27)22-17-4-2-1-3-16(17)21/h1-8H,9-13H2,(H2,22,23,26,27)/p+1. The van der Waals surface area contributed by atoms with Crippen molar-refractivity contribution >= 4 is 23.3 Å². The highest BCUT2D eigenvalue weighted by Crippen LogP contribution is 2.14. The number of para-hydroxylation sites is 1. The maximum absolute atomic E-state index is 13.5. The molecule has 3 rings (SSSR count). The molecule has 0 aromatic heterocycles. The van der Waals surface area contributed by atoms with Crippen LogP contribution in [0.25, 0.3) is 0 Å². The van der Waals surface area contributed by atoms with Crippen molar-refractivity contribution in [3.05, 3.63) is 60.2 Å². The zero-order chi connectivity index (χ0) is 19.2. The predicted molar refractivity (Wildman–Crippen MR) is 97.7 cm³/mol. The van der Waals surface area contributed by atoms with Crippen LogP contribution in [-0.4, -0.2) is 44.7 Å². The Morgan fingerprint density at radius 1 is 1.00 bits per heavy atom. The number of amides is 3. The molecule has 1 heterocycles. The zero-order valence-electron chi connectivity index (χ0n) is 14.7. The van der Waals surface area contributed by atoms with Gasteiger partial charge in [-0.2, -0.15) is 0 Å². The van der Waals surface area contributed by atoms with Crippen molar-refractivity contribution in [3.8, 4) is 0 Å². The van der Waals surface area contributed by atoms with Gasteiger partial charge in [0.25, 0.3) is 5.91 Å². The smallest absolute Gasteiger partial charge is 0.326 e. The summed E-state index contributed by atoms with van der Waals surface area (Å²) in [6.07, 6.45) is 0. The van der Waals surface area contributed by atoms with Crippen LogP contribution in [0.3, 0.4) is 0 Å². The summed E-state index contributed by atoms with van der Waals surface area (Å²) in [5, 5.41) is 4.54. The lowest BCUT2D eigenvalue weighted by molar-refractivity contribution is -0.892. The highest BCUT2D eigenvalue weighted by atomic mass is 19.1. The predicted octanol–water partition coefficient (Wildman–Crippen LogP) is 1.02. The number of carbonyl (C=O) groups excluding carboxylic acids is 2. The first-order valence-corrected chi connectivity index (χ1v) is 8.71. The van der Waals surface area contributed by atoms with E-state index in [0.717, 1.165) is 36.8 Å². The van der Waals surface area contributed by atoms with Gasteiger partial charge >= 0.3 is 6.03 Å². The molecule has 2 aromatic carbocycles. The number of rotatable bonds is 4. The summed E-state index contributed by atoms with van der Waals surface area (Å²) >= 11 is 0. The van der Waals surface area contributed by atoms with E-state index in [0.29, 0.717) is 0 Å². The van der Waals surface area contributed by atoms with Crippen LogP contribution < -0.4 is 20.4 Å². The fraction of sp³-hybridized carbons (Fsp3) is 0.263. The van der Waals surface area contributed by atoms with Gasteiger partial charge in [0.1, 0.15) is 11.6 Å². The number of quaternary nitrogens is 1. The van der Waals surface area contributed by atoms with Crippen molar-refractivity contribution in [2.75, 3.05) is 42.9 Å². The molecule has 6 nitrogen and oxygen atoms in total. The summed E-state index contributed by atoms with van der Waals surface area (Å²) in [4.78, 5) is 27.0. The second kappa shape index (κ2) is 8.59. The molecule has 1 saturated heterocycles. The van der Waals surface area contributed by atoms with E-state index in [2.05, 4.69) is 15.5 Å². The van der Waals surface area contributed by atoms with E-state index in [9.17, 15) is 18.4 Å². The van der Waals surface area contributed by atoms with Gasteiger partial charge in [0.2, 0.25) is 0 Å². The molecule has 0 spiro atoms. The number of nitrogens with zero attached hydrogens (tertiary/aromatic N) is 1. The normalized spacial score (nSPS) is 14.7. The molecule has 0 radical (unpaired) electrons. The largest absolute Gasteiger partial charge is 0.360 e. The number of anilines is 2. The Bertz CT molecular complexity index is 806. The second-order valence-electron chi connectivity index (χ2n) is 6.37. The Balaban J connectivity index is 1.43. The summed E-state index contributed by atoms with van der Waals surface area (Å²) < 4.78 is 26.5. The van der Waals surface area contributed by atoms with Crippen LogP contribution in [0.5, 0.6) is 0 Å². The minimum absolute atomic E-state index is 0.0167. The topological polar surface area (TPSA) is 65.9 Å². The van der Waals surface area contributed by atoms with Gasteiger partial charge in [-0.05, 0) is 36.4 Å². The third kappa shape index (κ3) is 5.24. The van der Waals surface area contributed by atoms with E-state index in [1.165, 1.54) is 30.3 Å². The van der Waals surface area contributed by atoms with Crippen molar-refractivity contribution in [1.82, 2.24) is 5.32 Å². The number of imide groups is 1. The van der Waals surface area contributed by atoms with E-state index in [1.807, 2.05) is 0 Å². The van der Waals surface area contributed by atoms with Gasteiger partial charge in [-0.15, -0.1) is 0 Å². The van der Waals surface area contributed by atoms with E-state index < -0.39 is 17.8 Å². The third-order valence-corrected chi connectivity index (χ3v) is 4.45. The first-order valence-electron chi connectivity index (χ1n) is 8.71. The van der Waals surface area contributed by atoms with Crippen LogP contribution in [0.1, 0.15) is 0 Å². The summed E-state index contributed by atoms with van der Waals surface area (Å²) in [7, 11) is 0. The van der Waals surface area contributed by atoms with Crippen LogP contribution in [0, 0.1) is 11.6 Å². The van der Waals surface area contributed by atoms with Crippen molar-refractivity contribution in [2.45, 2.75) is 0 Å². The van der Waals surface area contributed by atoms with E-state index in [1.54, 1.807) is 18.2 Å². The third-order valence-electron chi connectivity index (χ3n) is 4.45. The Kier molecular flexibility index (Phi) is 5.97. The molecule has 1 fully saturated rings. The number of carbonyl (C=O) groups is 2. The van der Waals surface area contributed by atoms with Crippen molar-refractivity contribution < 1.29 is 23.3 Å². The lowest BCUT2D eigenvalue weighted by Gasteiger charge is -2.33. The molecule has 0 bridgehead atoms. The molecule has 3 amide bonds. The van der Waals surface area contributed by atoms with E-state index in [4.69, 9.17) is 0 Å². The van der Waals surface area contributed by atoms with Gasteiger partial charge in [0, 0.05) is 5.69 Å². The molecule has 0 aliphatic carbocycles. The number of urea groups is 1. The van der Waals surface area contributed by atoms with Crippen LogP contribution in [0.15, 0.2) is 48.5 Å². The molecule has 1 aliphatic heterocycles. The molecule has 0 atom stereocenters. The van der Waals surface area contributed by atoms with Gasteiger partial charge in [0.05, 0.1) is 31.9 Å². The highest BCUT2D eigenvalue weighted by molar-refractivity contribution is 6.01. The number of halogens is 2. The molecule has 0 unspecified atom stereocenters. The Labute approximate surface area is 155 Å². The maximum atomic E-state index is 13.5. The summed E-state index contributed by atoms with van der Waals surface area (Å²) in [5.41, 5.74) is 0.965. The molecule has 27 heavy (non-hydrogen) atoms. The summed E-state index contributed by atoms with van der Waals surface area (Å²) in [6.45, 7) is 3.06. The fourth-order valence-electron chi connectivity index (χ4n) is 3.02. The van der Waals surface area contributed by atoms with Crippen LogP contribution in [0.4, 0.5) is 25.0 Å². The number of hydrogen-bond acceptors (Lipinski definition) is 3. The number of nitrogens with one attached hydrogen (secondary N) is 3. The summed E-state index contributed by atoms with van der Waals surface area (Å²) in [5.74, 6) is -1.26. The Hall–Kier alpha value is -3.00. The van der Waals surface area contributed by atoms with Gasteiger partial charge in [-0.25, -0.2) is 13.6 Å². The molecule has 2 aromatic rings. The first kappa shape index (κ1) is 18.8. The van der Waals surface area contributed by atoms with Gasteiger partial charge in [-0.1, -0.05) is 12.1 Å². The molecule has 1 aliphatic rings.